The van der Waals surface area contributed by atoms with Crippen LogP contribution in [0.1, 0.15) is 10.4 Å². The van der Waals surface area contributed by atoms with E-state index in [4.69, 9.17) is 4.74 Å². The highest BCUT2D eigenvalue weighted by Crippen LogP contribution is 2.22. The van der Waals surface area contributed by atoms with Gasteiger partial charge < -0.3 is 19.9 Å². The average Bonchev–Trinajstić information content (AvgIpc) is 2.69. The predicted molar refractivity (Wildman–Crippen MR) is 99.3 cm³/mol. The van der Waals surface area contributed by atoms with E-state index in [1.165, 1.54) is 6.07 Å². The Morgan fingerprint density at radius 2 is 1.88 bits per heavy atom. The largest absolute Gasteiger partial charge is 0.383 e. The SMILES string of the molecule is COCCNC(=O)c1ccc(N2CCN(c3ccccc3F)CC2)nc1. The molecule has 3 rings (SSSR count). The Balaban J connectivity index is 1.56. The van der Waals surface area contributed by atoms with E-state index in [2.05, 4.69) is 15.2 Å². The number of methoxy groups -OCH3 is 1. The van der Waals surface area contributed by atoms with Crippen LogP contribution in [0.4, 0.5) is 15.9 Å². The molecule has 1 aromatic carbocycles. The van der Waals surface area contributed by atoms with Crippen molar-refractivity contribution in [2.45, 2.75) is 0 Å². The minimum absolute atomic E-state index is 0.162. The summed E-state index contributed by atoms with van der Waals surface area (Å²) in [6.45, 7) is 3.89. The maximum Gasteiger partial charge on any atom is 0.252 e. The first-order chi connectivity index (χ1) is 12.7. The Labute approximate surface area is 152 Å². The zero-order chi connectivity index (χ0) is 18.4. The van der Waals surface area contributed by atoms with Crippen molar-refractivity contribution in [1.29, 1.82) is 0 Å². The first-order valence-corrected chi connectivity index (χ1v) is 8.66. The van der Waals surface area contributed by atoms with Gasteiger partial charge >= 0.3 is 0 Å². The number of anilines is 2. The van der Waals surface area contributed by atoms with Gasteiger partial charge in [0.1, 0.15) is 11.6 Å². The lowest BCUT2D eigenvalue weighted by atomic mass is 10.2. The summed E-state index contributed by atoms with van der Waals surface area (Å²) < 4.78 is 18.8. The fourth-order valence-electron chi connectivity index (χ4n) is 2.96. The molecule has 1 N–H and O–H groups in total. The number of halogens is 1. The lowest BCUT2D eigenvalue weighted by molar-refractivity contribution is 0.0937. The van der Waals surface area contributed by atoms with Crippen molar-refractivity contribution < 1.29 is 13.9 Å². The van der Waals surface area contributed by atoms with E-state index >= 15 is 0 Å². The van der Waals surface area contributed by atoms with Gasteiger partial charge in [0.15, 0.2) is 0 Å². The lowest BCUT2D eigenvalue weighted by Crippen LogP contribution is -2.47. The number of carbonyl (C=O) groups is 1. The third kappa shape index (κ3) is 4.29. The molecule has 1 amide bonds. The molecule has 7 heteroatoms. The molecule has 1 fully saturated rings. The molecule has 0 bridgehead atoms. The molecule has 138 valence electrons. The van der Waals surface area contributed by atoms with Gasteiger partial charge in [-0.2, -0.15) is 0 Å². The number of nitrogens with one attached hydrogen (secondary N) is 1. The van der Waals surface area contributed by atoms with Crippen LogP contribution in [-0.4, -0.2) is 57.3 Å². The molecule has 1 aliphatic heterocycles. The summed E-state index contributed by atoms with van der Waals surface area (Å²) in [5, 5.41) is 2.77. The van der Waals surface area contributed by atoms with Crippen molar-refractivity contribution in [2.24, 2.45) is 0 Å². The quantitative estimate of drug-likeness (QED) is 0.800. The third-order valence-corrected chi connectivity index (χ3v) is 4.40. The number of pyridine rings is 1. The van der Waals surface area contributed by atoms with Gasteiger partial charge in [-0.15, -0.1) is 0 Å². The number of ether oxygens (including phenoxy) is 1. The van der Waals surface area contributed by atoms with Crippen LogP contribution in [0.15, 0.2) is 42.6 Å². The zero-order valence-corrected chi connectivity index (χ0v) is 14.8. The van der Waals surface area contributed by atoms with Crippen molar-refractivity contribution >= 4 is 17.4 Å². The van der Waals surface area contributed by atoms with Crippen molar-refractivity contribution in [3.8, 4) is 0 Å². The molecule has 2 heterocycles. The van der Waals surface area contributed by atoms with Crippen LogP contribution in [0.2, 0.25) is 0 Å². The summed E-state index contributed by atoms with van der Waals surface area (Å²) in [7, 11) is 1.59. The zero-order valence-electron chi connectivity index (χ0n) is 14.8. The number of piperazine rings is 1. The Morgan fingerprint density at radius 1 is 1.15 bits per heavy atom. The molecule has 26 heavy (non-hydrogen) atoms. The predicted octanol–water partition coefficient (Wildman–Crippen LogP) is 1.92. The van der Waals surface area contributed by atoms with Crippen LogP contribution in [-0.2, 0) is 4.74 Å². The van der Waals surface area contributed by atoms with Gasteiger partial charge in [0.25, 0.3) is 5.91 Å². The number of aromatic nitrogens is 1. The Kier molecular flexibility index (Phi) is 6.01. The van der Waals surface area contributed by atoms with E-state index < -0.39 is 0 Å². The molecule has 0 saturated carbocycles. The summed E-state index contributed by atoms with van der Waals surface area (Å²) >= 11 is 0. The topological polar surface area (TPSA) is 57.7 Å². The second-order valence-corrected chi connectivity index (χ2v) is 6.08. The van der Waals surface area contributed by atoms with Gasteiger partial charge in [0.05, 0.1) is 17.9 Å². The number of hydrogen-bond donors (Lipinski definition) is 1. The van der Waals surface area contributed by atoms with Crippen molar-refractivity contribution in [1.82, 2.24) is 10.3 Å². The standard InChI is InChI=1S/C19H23FN4O2/c1-26-13-8-21-19(25)15-6-7-18(22-14-15)24-11-9-23(10-12-24)17-5-3-2-4-16(17)20/h2-7,14H,8-13H2,1H3,(H,21,25). The summed E-state index contributed by atoms with van der Waals surface area (Å²) in [5.41, 5.74) is 1.16. The van der Waals surface area contributed by atoms with Crippen LogP contribution in [0.3, 0.4) is 0 Å². The molecule has 0 radical (unpaired) electrons. The summed E-state index contributed by atoms with van der Waals surface area (Å²) in [4.78, 5) is 20.6. The number of benzene rings is 1. The Morgan fingerprint density at radius 3 is 2.54 bits per heavy atom. The monoisotopic (exact) mass is 358 g/mol. The third-order valence-electron chi connectivity index (χ3n) is 4.40. The molecule has 1 aromatic heterocycles. The molecular weight excluding hydrogens is 335 g/mol. The minimum Gasteiger partial charge on any atom is -0.383 e. The highest BCUT2D eigenvalue weighted by molar-refractivity contribution is 5.94. The van der Waals surface area contributed by atoms with Gasteiger partial charge in [-0.3, -0.25) is 4.79 Å². The molecule has 0 atom stereocenters. The molecule has 0 unspecified atom stereocenters. The second kappa shape index (κ2) is 8.62. The minimum atomic E-state index is -0.192. The van der Waals surface area contributed by atoms with Gasteiger partial charge in [0.2, 0.25) is 0 Å². The molecule has 1 aliphatic rings. The van der Waals surface area contributed by atoms with E-state index in [1.54, 1.807) is 31.5 Å². The van der Waals surface area contributed by atoms with E-state index in [9.17, 15) is 9.18 Å². The molecule has 2 aromatic rings. The number of rotatable bonds is 6. The fourth-order valence-corrected chi connectivity index (χ4v) is 2.96. The van der Waals surface area contributed by atoms with Gasteiger partial charge in [0, 0.05) is 46.0 Å². The van der Waals surface area contributed by atoms with E-state index in [0.29, 0.717) is 24.4 Å². The van der Waals surface area contributed by atoms with Gasteiger partial charge in [-0.05, 0) is 24.3 Å². The van der Waals surface area contributed by atoms with Crippen LogP contribution in [0.5, 0.6) is 0 Å². The van der Waals surface area contributed by atoms with E-state index in [1.807, 2.05) is 17.0 Å². The first-order valence-electron chi connectivity index (χ1n) is 8.66. The first kappa shape index (κ1) is 18.1. The smallest absolute Gasteiger partial charge is 0.252 e. The number of para-hydroxylation sites is 1. The van der Waals surface area contributed by atoms with Gasteiger partial charge in [-0.1, -0.05) is 12.1 Å². The average molecular weight is 358 g/mol. The summed E-state index contributed by atoms with van der Waals surface area (Å²) in [6.07, 6.45) is 1.58. The van der Waals surface area contributed by atoms with Crippen LogP contribution < -0.4 is 15.1 Å². The van der Waals surface area contributed by atoms with Crippen LogP contribution in [0.25, 0.3) is 0 Å². The van der Waals surface area contributed by atoms with Crippen LogP contribution in [0, 0.1) is 5.82 Å². The fraction of sp³-hybridized carbons (Fsp3) is 0.368. The number of nitrogens with zero attached hydrogens (tertiary/aromatic N) is 3. The summed E-state index contributed by atoms with van der Waals surface area (Å²) in [5.74, 6) is 0.472. The highest BCUT2D eigenvalue weighted by Gasteiger charge is 2.20. The van der Waals surface area contributed by atoms with Crippen molar-refractivity contribution in [2.75, 3.05) is 56.2 Å². The number of amides is 1. The van der Waals surface area contributed by atoms with Crippen molar-refractivity contribution in [3.63, 3.8) is 0 Å². The normalized spacial score (nSPS) is 14.4. The summed E-state index contributed by atoms with van der Waals surface area (Å²) in [6, 6.07) is 10.5. The van der Waals surface area contributed by atoms with E-state index in [-0.39, 0.29) is 11.7 Å². The highest BCUT2D eigenvalue weighted by atomic mass is 19.1. The van der Waals surface area contributed by atoms with Gasteiger partial charge in [-0.25, -0.2) is 9.37 Å². The van der Waals surface area contributed by atoms with Crippen LogP contribution >= 0.6 is 0 Å². The number of carbonyl (C=O) groups excluding carboxylic acids is 1. The molecular formula is C19H23FN4O2. The second-order valence-electron chi connectivity index (χ2n) is 6.08. The molecule has 0 aliphatic carbocycles. The van der Waals surface area contributed by atoms with Crippen molar-refractivity contribution in [3.05, 3.63) is 54.0 Å². The lowest BCUT2D eigenvalue weighted by Gasteiger charge is -2.36. The molecule has 6 nitrogen and oxygen atoms in total. The maximum absolute atomic E-state index is 13.9. The Bertz CT molecular complexity index is 731. The number of hydrogen-bond acceptors (Lipinski definition) is 5. The molecule has 1 saturated heterocycles. The van der Waals surface area contributed by atoms with E-state index in [0.717, 1.165) is 32.0 Å². The Hall–Kier alpha value is -2.67. The molecule has 0 spiro atoms. The maximum atomic E-state index is 13.9.